The summed E-state index contributed by atoms with van der Waals surface area (Å²) in [5, 5.41) is 1.18. The van der Waals surface area contributed by atoms with Gasteiger partial charge in [0, 0.05) is 27.0 Å². The third kappa shape index (κ3) is 4.41. The molecule has 208 valence electrons. The number of amides is 1. The van der Waals surface area contributed by atoms with E-state index in [0.717, 1.165) is 76.2 Å². The quantitative estimate of drug-likeness (QED) is 0.249. The number of aromatic nitrogens is 3. The molecule has 1 amide bonds. The molecule has 7 nitrogen and oxygen atoms in total. The fraction of sp³-hybridized carbons (Fsp3) is 0.438. The number of hydrogen-bond donors (Lipinski definition) is 1. The van der Waals surface area contributed by atoms with E-state index in [-0.39, 0.29) is 24.4 Å². The zero-order valence-electron chi connectivity index (χ0n) is 23.4. The summed E-state index contributed by atoms with van der Waals surface area (Å²) in [7, 11) is 0. The lowest BCUT2D eigenvalue weighted by Gasteiger charge is -2.36. The van der Waals surface area contributed by atoms with E-state index in [1.165, 1.54) is 5.39 Å². The number of halogens is 1. The number of carbonyl (C=O) groups is 1. The first kappa shape index (κ1) is 25.7. The van der Waals surface area contributed by atoms with Crippen molar-refractivity contribution in [3.8, 4) is 28.3 Å². The van der Waals surface area contributed by atoms with Crippen LogP contribution in [0.2, 0.25) is 0 Å². The summed E-state index contributed by atoms with van der Waals surface area (Å²) in [5.74, 6) is 2.30. The number of fused-ring (bicyclic) bond motifs is 9. The molecule has 1 saturated carbocycles. The molecule has 0 radical (unpaired) electrons. The number of nitrogens with zero attached hydrogens (tertiary/aromatic N) is 3. The number of imidazole rings is 1. The van der Waals surface area contributed by atoms with Gasteiger partial charge in [0.2, 0.25) is 0 Å². The van der Waals surface area contributed by atoms with Crippen LogP contribution in [0, 0.1) is 5.92 Å². The maximum absolute atomic E-state index is 13.4. The zero-order valence-corrected chi connectivity index (χ0v) is 25.0. The topological polar surface area (TPSA) is 72.4 Å². The minimum atomic E-state index is -0.539. The van der Waals surface area contributed by atoms with Crippen molar-refractivity contribution in [3.63, 3.8) is 0 Å². The van der Waals surface area contributed by atoms with Gasteiger partial charge in [0.15, 0.2) is 6.23 Å². The highest BCUT2D eigenvalue weighted by Gasteiger charge is 2.43. The maximum Gasteiger partial charge on any atom is 0.411 e. The fourth-order valence-corrected chi connectivity index (χ4v) is 7.25. The molecule has 2 bridgehead atoms. The van der Waals surface area contributed by atoms with Crippen molar-refractivity contribution in [2.24, 2.45) is 5.92 Å². The van der Waals surface area contributed by atoms with Gasteiger partial charge in [-0.05, 0) is 102 Å². The van der Waals surface area contributed by atoms with Crippen molar-refractivity contribution in [1.82, 2.24) is 19.4 Å². The van der Waals surface area contributed by atoms with Crippen molar-refractivity contribution >= 4 is 32.9 Å². The van der Waals surface area contributed by atoms with Crippen LogP contribution in [0.3, 0.4) is 0 Å². The second kappa shape index (κ2) is 9.40. The lowest BCUT2D eigenvalue weighted by molar-refractivity contribution is 0.00436. The van der Waals surface area contributed by atoms with E-state index >= 15 is 0 Å². The van der Waals surface area contributed by atoms with Crippen molar-refractivity contribution < 1.29 is 14.3 Å². The molecule has 40 heavy (non-hydrogen) atoms. The molecule has 8 heteroatoms. The predicted molar refractivity (Wildman–Crippen MR) is 159 cm³/mol. The molecule has 5 heterocycles. The van der Waals surface area contributed by atoms with Gasteiger partial charge in [-0.1, -0.05) is 22.0 Å². The molecule has 4 aromatic rings. The smallest absolute Gasteiger partial charge is 0.411 e. The van der Waals surface area contributed by atoms with Gasteiger partial charge in [0.1, 0.15) is 17.2 Å². The first-order chi connectivity index (χ1) is 19.1. The van der Waals surface area contributed by atoms with Crippen molar-refractivity contribution in [1.29, 1.82) is 0 Å². The highest BCUT2D eigenvalue weighted by Crippen LogP contribution is 2.46. The summed E-state index contributed by atoms with van der Waals surface area (Å²) in [6, 6.07) is 15.0. The van der Waals surface area contributed by atoms with Crippen LogP contribution in [-0.4, -0.2) is 37.2 Å². The van der Waals surface area contributed by atoms with Gasteiger partial charge in [-0.2, -0.15) is 0 Å². The monoisotopic (exact) mass is 602 g/mol. The van der Waals surface area contributed by atoms with E-state index in [1.807, 2.05) is 31.9 Å². The first-order valence-electron chi connectivity index (χ1n) is 14.3. The summed E-state index contributed by atoms with van der Waals surface area (Å²) in [5.41, 5.74) is 4.78. The molecular formula is C32H35BrN4O3. The van der Waals surface area contributed by atoms with Gasteiger partial charge in [0.25, 0.3) is 0 Å². The molecule has 2 aromatic carbocycles. The second-order valence-corrected chi connectivity index (χ2v) is 13.4. The molecule has 3 fully saturated rings. The number of hydrogen-bond acceptors (Lipinski definition) is 4. The molecule has 2 saturated heterocycles. The van der Waals surface area contributed by atoms with E-state index in [1.54, 1.807) is 0 Å². The zero-order chi connectivity index (χ0) is 27.8. The molecule has 2 atom stereocenters. The Morgan fingerprint density at radius 3 is 2.67 bits per heavy atom. The Labute approximate surface area is 243 Å². The minimum Gasteiger partial charge on any atom is -0.470 e. The Morgan fingerprint density at radius 1 is 1.10 bits per heavy atom. The molecule has 8 rings (SSSR count). The average Bonchev–Trinajstić information content (AvgIpc) is 3.44. The maximum atomic E-state index is 13.4. The normalized spacial score (nSPS) is 23.9. The molecule has 1 unspecified atom stereocenters. The number of carbonyl (C=O) groups excluding carboxylic acids is 1. The van der Waals surface area contributed by atoms with E-state index in [2.05, 4.69) is 74.9 Å². The van der Waals surface area contributed by atoms with Crippen LogP contribution in [0.1, 0.15) is 77.9 Å². The number of H-pyrrole nitrogens is 1. The van der Waals surface area contributed by atoms with Crippen LogP contribution in [0.5, 0.6) is 5.75 Å². The Hall–Kier alpha value is -3.26. The van der Waals surface area contributed by atoms with E-state index in [9.17, 15) is 4.79 Å². The van der Waals surface area contributed by atoms with E-state index in [4.69, 9.17) is 14.5 Å². The Balaban J connectivity index is 1.22. The number of rotatable bonds is 2. The van der Waals surface area contributed by atoms with Gasteiger partial charge in [0.05, 0.1) is 29.1 Å². The van der Waals surface area contributed by atoms with Gasteiger partial charge < -0.3 is 19.0 Å². The van der Waals surface area contributed by atoms with Crippen LogP contribution in [0.25, 0.3) is 33.4 Å². The van der Waals surface area contributed by atoms with Gasteiger partial charge in [-0.15, -0.1) is 0 Å². The standard InChI is InChI=1S/C32H35BrN4O3/c1-18-36-26-12-8-22(33)14-21(26)15-27(36)24-11-7-20(16-29(24)39-18)25-17-34-30(35-25)28-13-19-5-9-23(10-6-19)37(28)31(38)40-32(2,3)4/h7-8,11-12,14-19,23,28H,5-6,9-10,13H2,1-4H3,(H,34,35)/t18?,19?,23?,28-/m0/s1. The average molecular weight is 604 g/mol. The summed E-state index contributed by atoms with van der Waals surface area (Å²) in [4.78, 5) is 23.8. The molecule has 0 spiro atoms. The summed E-state index contributed by atoms with van der Waals surface area (Å²) < 4.78 is 15.6. The molecule has 1 N–H and O–H groups in total. The summed E-state index contributed by atoms with van der Waals surface area (Å²) in [6.07, 6.45) is 6.81. The second-order valence-electron chi connectivity index (χ2n) is 12.5. The fourth-order valence-electron chi connectivity index (χ4n) is 6.87. The molecule has 4 aliphatic rings. The van der Waals surface area contributed by atoms with Crippen LogP contribution in [0.15, 0.2) is 53.1 Å². The van der Waals surface area contributed by atoms with E-state index < -0.39 is 5.60 Å². The highest BCUT2D eigenvalue weighted by atomic mass is 79.9. The van der Waals surface area contributed by atoms with Crippen molar-refractivity contribution in [2.75, 3.05) is 0 Å². The van der Waals surface area contributed by atoms with Crippen molar-refractivity contribution in [2.45, 2.75) is 83.7 Å². The Kier molecular flexibility index (Phi) is 6.04. The molecule has 2 aromatic heterocycles. The summed E-state index contributed by atoms with van der Waals surface area (Å²) >= 11 is 3.60. The van der Waals surface area contributed by atoms with Gasteiger partial charge in [-0.25, -0.2) is 9.78 Å². The largest absolute Gasteiger partial charge is 0.470 e. The molecular weight excluding hydrogens is 568 g/mol. The number of nitrogens with one attached hydrogen (secondary N) is 1. The SMILES string of the molecule is CC1Oc2cc(-c3cnc([C@@H]4CC5CCC(CC5)N4C(=O)OC(C)(C)C)[nH]3)ccc2-c2cc3cc(Br)ccc3n21. The molecule has 1 aliphatic carbocycles. The first-order valence-corrected chi connectivity index (χ1v) is 15.1. The van der Waals surface area contributed by atoms with Crippen LogP contribution in [0.4, 0.5) is 4.79 Å². The molecule has 3 aliphatic heterocycles. The number of benzene rings is 2. The predicted octanol–water partition coefficient (Wildman–Crippen LogP) is 8.61. The third-order valence-electron chi connectivity index (χ3n) is 8.65. The van der Waals surface area contributed by atoms with Gasteiger partial charge in [-0.3, -0.25) is 4.90 Å². The van der Waals surface area contributed by atoms with Crippen molar-refractivity contribution in [3.05, 3.63) is 59.0 Å². The number of ether oxygens (including phenoxy) is 2. The van der Waals surface area contributed by atoms with Crippen LogP contribution >= 0.6 is 15.9 Å². The third-order valence-corrected chi connectivity index (χ3v) is 9.14. The lowest BCUT2D eigenvalue weighted by atomic mass is 9.86. The lowest BCUT2D eigenvalue weighted by Crippen LogP contribution is -2.44. The van der Waals surface area contributed by atoms with Crippen LogP contribution < -0.4 is 4.74 Å². The minimum absolute atomic E-state index is 0.118. The van der Waals surface area contributed by atoms with Crippen LogP contribution in [-0.2, 0) is 4.74 Å². The Morgan fingerprint density at radius 2 is 1.90 bits per heavy atom. The highest BCUT2D eigenvalue weighted by molar-refractivity contribution is 9.10. The van der Waals surface area contributed by atoms with Gasteiger partial charge >= 0.3 is 6.09 Å². The van der Waals surface area contributed by atoms with E-state index in [0.29, 0.717) is 5.92 Å². The Bertz CT molecular complexity index is 1610. The number of aromatic amines is 1. The summed E-state index contributed by atoms with van der Waals surface area (Å²) in [6.45, 7) is 7.87.